The van der Waals surface area contributed by atoms with Crippen molar-refractivity contribution in [3.8, 4) is 0 Å². The molecule has 7 heteroatoms. The molecule has 0 bridgehead atoms. The second-order valence-corrected chi connectivity index (χ2v) is 11.1. The van der Waals surface area contributed by atoms with Crippen LogP contribution in [0.5, 0.6) is 0 Å². The van der Waals surface area contributed by atoms with E-state index in [0.717, 1.165) is 17.7 Å². The lowest BCUT2D eigenvalue weighted by molar-refractivity contribution is 0.559. The number of pyridine rings is 1. The summed E-state index contributed by atoms with van der Waals surface area (Å²) >= 11 is -1.12. The third-order valence-corrected chi connectivity index (χ3v) is 7.13. The number of hydrogen-bond donors (Lipinski definition) is 4. The molecule has 0 radical (unpaired) electrons. The van der Waals surface area contributed by atoms with Crippen LogP contribution in [0, 0.1) is 5.41 Å². The zero-order valence-corrected chi connectivity index (χ0v) is 18.8. The van der Waals surface area contributed by atoms with Crippen molar-refractivity contribution in [2.75, 3.05) is 10.6 Å². The Morgan fingerprint density at radius 3 is 2.33 bits per heavy atom. The predicted octanol–water partition coefficient (Wildman–Crippen LogP) is 4.85. The number of aromatic nitrogens is 1. The fraction of sp³-hybridized carbons (Fsp3) is 0.478. The molecular weight excluding hydrogens is 396 g/mol. The molecule has 1 heterocycles. The highest BCUT2D eigenvalue weighted by Crippen LogP contribution is 2.26. The van der Waals surface area contributed by atoms with Crippen LogP contribution in [0.4, 0.5) is 11.4 Å². The molecule has 0 aliphatic heterocycles. The Hall–Kier alpha value is -2.25. The first-order valence-electron chi connectivity index (χ1n) is 10.6. The molecule has 2 aromatic rings. The van der Waals surface area contributed by atoms with Crippen molar-refractivity contribution in [1.29, 1.82) is 5.41 Å². The van der Waals surface area contributed by atoms with Gasteiger partial charge in [-0.05, 0) is 75.1 Å². The third-order valence-electron chi connectivity index (χ3n) is 5.32. The highest BCUT2D eigenvalue weighted by atomic mass is 32.2. The second kappa shape index (κ2) is 9.71. The van der Waals surface area contributed by atoms with Crippen LogP contribution in [0.1, 0.15) is 64.9 Å². The molecule has 4 N–H and O–H groups in total. The third kappa shape index (κ3) is 5.67. The van der Waals surface area contributed by atoms with E-state index < -0.39 is 11.2 Å². The molecule has 3 rings (SSSR count). The first kappa shape index (κ1) is 22.4. The quantitative estimate of drug-likeness (QED) is 0.236. The molecule has 1 fully saturated rings. The summed E-state index contributed by atoms with van der Waals surface area (Å²) in [5.74, 6) is 0.0395. The Bertz CT molecular complexity index is 910. The van der Waals surface area contributed by atoms with Crippen LogP contribution in [0.25, 0.3) is 0 Å². The van der Waals surface area contributed by atoms with Crippen molar-refractivity contribution >= 4 is 28.4 Å². The van der Waals surface area contributed by atoms with Crippen LogP contribution < -0.4 is 16.2 Å². The second-order valence-electron chi connectivity index (χ2n) is 8.83. The number of aromatic amines is 1. The SMILES string of the molecule is CC(C)(C)[S+]([O-])c1ccc(NC(=N)c2c(NC3CCCCCC3)cc[nH]c2=O)cc1. The summed E-state index contributed by atoms with van der Waals surface area (Å²) in [6.45, 7) is 5.82. The Kier molecular flexibility index (Phi) is 7.26. The first-order valence-corrected chi connectivity index (χ1v) is 11.8. The minimum Gasteiger partial charge on any atom is -0.611 e. The van der Waals surface area contributed by atoms with Crippen molar-refractivity contribution in [3.05, 3.63) is 52.4 Å². The van der Waals surface area contributed by atoms with Crippen LogP contribution in [-0.4, -0.2) is 26.2 Å². The lowest BCUT2D eigenvalue weighted by atomic mass is 10.1. The molecule has 6 nitrogen and oxygen atoms in total. The van der Waals surface area contributed by atoms with Crippen molar-refractivity contribution in [1.82, 2.24) is 4.98 Å². The van der Waals surface area contributed by atoms with Gasteiger partial charge in [0.25, 0.3) is 5.56 Å². The molecule has 1 aliphatic carbocycles. The first-order chi connectivity index (χ1) is 14.3. The molecule has 30 heavy (non-hydrogen) atoms. The topological polar surface area (TPSA) is 104 Å². The molecule has 0 spiro atoms. The minimum absolute atomic E-state index is 0.0395. The summed E-state index contributed by atoms with van der Waals surface area (Å²) in [6.07, 6.45) is 8.68. The average Bonchev–Trinajstić information content (AvgIpc) is 2.96. The predicted molar refractivity (Wildman–Crippen MR) is 125 cm³/mol. The minimum atomic E-state index is -1.12. The summed E-state index contributed by atoms with van der Waals surface area (Å²) in [7, 11) is 0. The highest BCUT2D eigenvalue weighted by Gasteiger charge is 2.28. The van der Waals surface area contributed by atoms with Crippen molar-refractivity contribution in [3.63, 3.8) is 0 Å². The summed E-state index contributed by atoms with van der Waals surface area (Å²) in [5.41, 5.74) is 1.38. The van der Waals surface area contributed by atoms with Gasteiger partial charge >= 0.3 is 0 Å². The number of H-pyrrole nitrogens is 1. The smallest absolute Gasteiger partial charge is 0.261 e. The van der Waals surface area contributed by atoms with Gasteiger partial charge in [0.2, 0.25) is 0 Å². The van der Waals surface area contributed by atoms with Crippen LogP contribution in [0.15, 0.2) is 46.2 Å². The van der Waals surface area contributed by atoms with Crippen molar-refractivity contribution in [2.24, 2.45) is 0 Å². The number of rotatable bonds is 5. The number of benzene rings is 1. The molecule has 0 saturated heterocycles. The number of amidine groups is 1. The molecule has 162 valence electrons. The summed E-state index contributed by atoms with van der Waals surface area (Å²) in [5, 5.41) is 15.0. The number of nitrogens with one attached hydrogen (secondary N) is 4. The van der Waals surface area contributed by atoms with E-state index in [-0.39, 0.29) is 16.1 Å². The lowest BCUT2D eigenvalue weighted by Gasteiger charge is -2.24. The standard InChI is InChI=1S/C23H32N4O2S/c1-23(2,3)30(29)18-12-10-17(11-13-18)27-21(24)20-19(14-15-25-22(20)28)26-16-8-6-4-5-7-9-16/h10-16H,4-9H2,1-3H3,(H2,24,27)(H2,25,26,28). The van der Waals surface area contributed by atoms with E-state index in [1.54, 1.807) is 30.5 Å². The van der Waals surface area contributed by atoms with Gasteiger partial charge in [0.1, 0.15) is 16.1 Å². The molecule has 1 aliphatic rings. The average molecular weight is 429 g/mol. The maximum absolute atomic E-state index is 12.5. The van der Waals surface area contributed by atoms with E-state index in [2.05, 4.69) is 15.6 Å². The van der Waals surface area contributed by atoms with E-state index in [1.165, 1.54) is 25.7 Å². The molecular formula is C23H32N4O2S. The zero-order valence-electron chi connectivity index (χ0n) is 18.0. The van der Waals surface area contributed by atoms with E-state index in [9.17, 15) is 9.35 Å². The van der Waals surface area contributed by atoms with E-state index >= 15 is 0 Å². The van der Waals surface area contributed by atoms with E-state index in [4.69, 9.17) is 5.41 Å². The Morgan fingerprint density at radius 2 is 1.73 bits per heavy atom. The van der Waals surface area contributed by atoms with Crippen LogP contribution >= 0.6 is 0 Å². The Balaban J connectivity index is 1.76. The summed E-state index contributed by atoms with van der Waals surface area (Å²) in [4.78, 5) is 15.9. The molecule has 1 saturated carbocycles. The van der Waals surface area contributed by atoms with Crippen LogP contribution in [-0.2, 0) is 11.2 Å². The molecule has 1 unspecified atom stereocenters. The summed E-state index contributed by atoms with van der Waals surface area (Å²) in [6, 6.07) is 9.35. The number of hydrogen-bond acceptors (Lipinski definition) is 4. The van der Waals surface area contributed by atoms with Gasteiger partial charge in [0.15, 0.2) is 4.90 Å². The molecule has 1 aromatic heterocycles. The maximum Gasteiger partial charge on any atom is 0.261 e. The van der Waals surface area contributed by atoms with Crippen LogP contribution in [0.3, 0.4) is 0 Å². The monoisotopic (exact) mass is 428 g/mol. The molecule has 1 atom stereocenters. The zero-order chi connectivity index (χ0) is 21.7. The van der Waals surface area contributed by atoms with Gasteiger partial charge in [-0.1, -0.05) is 25.7 Å². The normalized spacial score (nSPS) is 16.5. The Labute approximate surface area is 181 Å². The molecule has 0 amide bonds. The number of anilines is 2. The Morgan fingerprint density at radius 1 is 1.10 bits per heavy atom. The van der Waals surface area contributed by atoms with Gasteiger partial charge in [-0.3, -0.25) is 10.2 Å². The van der Waals surface area contributed by atoms with Gasteiger partial charge in [0.05, 0.1) is 5.69 Å². The maximum atomic E-state index is 12.5. The van der Waals surface area contributed by atoms with Gasteiger partial charge in [-0.2, -0.15) is 0 Å². The van der Waals surface area contributed by atoms with Gasteiger partial charge < -0.3 is 20.2 Å². The van der Waals surface area contributed by atoms with Gasteiger partial charge in [-0.25, -0.2) is 0 Å². The van der Waals surface area contributed by atoms with E-state index in [0.29, 0.717) is 23.0 Å². The largest absolute Gasteiger partial charge is 0.611 e. The summed E-state index contributed by atoms with van der Waals surface area (Å²) < 4.78 is 12.2. The van der Waals surface area contributed by atoms with Gasteiger partial charge in [0, 0.05) is 17.9 Å². The molecule has 1 aromatic carbocycles. The van der Waals surface area contributed by atoms with Gasteiger partial charge in [-0.15, -0.1) is 0 Å². The fourth-order valence-electron chi connectivity index (χ4n) is 3.71. The van der Waals surface area contributed by atoms with Crippen molar-refractivity contribution < 1.29 is 4.55 Å². The van der Waals surface area contributed by atoms with Crippen LogP contribution in [0.2, 0.25) is 0 Å². The van der Waals surface area contributed by atoms with Crippen molar-refractivity contribution in [2.45, 2.75) is 75.0 Å². The highest BCUT2D eigenvalue weighted by molar-refractivity contribution is 7.92. The van der Waals surface area contributed by atoms with E-state index in [1.807, 2.05) is 26.8 Å². The lowest BCUT2D eigenvalue weighted by Crippen LogP contribution is -2.28. The fourth-order valence-corrected chi connectivity index (χ4v) is 4.80.